The highest BCUT2D eigenvalue weighted by molar-refractivity contribution is 5.83. The van der Waals surface area contributed by atoms with Gasteiger partial charge in [-0.1, -0.05) is 12.1 Å². The van der Waals surface area contributed by atoms with Crippen LogP contribution in [0.3, 0.4) is 0 Å². The number of anilines is 2. The molecule has 1 aliphatic rings. The molecule has 0 unspecified atom stereocenters. The van der Waals surface area contributed by atoms with Gasteiger partial charge in [-0.3, -0.25) is 19.6 Å². The molecule has 4 aromatic rings. The quantitative estimate of drug-likeness (QED) is 0.343. The number of hydrogen-bond acceptors (Lipinski definition) is 7. The monoisotopic (exact) mass is 516 g/mol. The average Bonchev–Trinajstić information content (AvgIpc) is 3.20. The van der Waals surface area contributed by atoms with Gasteiger partial charge in [0.2, 0.25) is 5.95 Å². The van der Waals surface area contributed by atoms with E-state index in [2.05, 4.69) is 38.9 Å². The van der Waals surface area contributed by atoms with Gasteiger partial charge >= 0.3 is 0 Å². The molecule has 1 aliphatic heterocycles. The summed E-state index contributed by atoms with van der Waals surface area (Å²) in [5.74, 6) is 1.55. The van der Waals surface area contributed by atoms with Gasteiger partial charge in [-0.2, -0.15) is 0 Å². The minimum absolute atomic E-state index is 0.150. The molecule has 198 valence electrons. The smallest absolute Gasteiger partial charge is 0.208 e. The molecule has 0 amide bonds. The number of Topliss-reactive ketones (excluding diaryl/α,β-unsaturated/α-hetero) is 1. The average molecular weight is 517 g/mol. The van der Waals surface area contributed by atoms with Crippen LogP contribution in [0.4, 0.5) is 16.0 Å². The molecule has 1 saturated heterocycles. The van der Waals surface area contributed by atoms with Crippen molar-refractivity contribution >= 4 is 28.5 Å². The topological polar surface area (TPSA) is 75.5 Å². The molecule has 0 atom stereocenters. The number of aryl methyl sites for hydroxylation is 1. The normalized spacial score (nSPS) is 14.8. The van der Waals surface area contributed by atoms with Gasteiger partial charge in [0, 0.05) is 57.6 Å². The fourth-order valence-electron chi connectivity index (χ4n) is 4.74. The van der Waals surface area contributed by atoms with Crippen LogP contribution in [0, 0.1) is 5.82 Å². The number of para-hydroxylation sites is 1. The van der Waals surface area contributed by atoms with Gasteiger partial charge in [0.05, 0.1) is 35.4 Å². The van der Waals surface area contributed by atoms with Crippen LogP contribution in [0.15, 0.2) is 60.8 Å². The van der Waals surface area contributed by atoms with Crippen molar-refractivity contribution in [1.29, 1.82) is 0 Å². The number of nitrogens with zero attached hydrogens (tertiary/aromatic N) is 5. The highest BCUT2D eigenvalue weighted by Crippen LogP contribution is 2.28. The number of hydrogen-bond donors (Lipinski definition) is 1. The van der Waals surface area contributed by atoms with E-state index in [0.29, 0.717) is 46.9 Å². The molecule has 0 spiro atoms. The van der Waals surface area contributed by atoms with Crippen LogP contribution in [0.5, 0.6) is 11.5 Å². The Morgan fingerprint density at radius 1 is 1.05 bits per heavy atom. The number of halogens is 1. The third-order valence-electron chi connectivity index (χ3n) is 6.91. The number of imidazole rings is 1. The Hall–Kier alpha value is -3.82. The van der Waals surface area contributed by atoms with E-state index in [9.17, 15) is 9.18 Å². The number of pyridine rings is 1. The highest BCUT2D eigenvalue weighted by atomic mass is 19.1. The lowest BCUT2D eigenvalue weighted by Gasteiger charge is -2.36. The Balaban J connectivity index is 1.22. The summed E-state index contributed by atoms with van der Waals surface area (Å²) in [6, 6.07) is 16.2. The van der Waals surface area contributed by atoms with Crippen molar-refractivity contribution < 1.29 is 13.9 Å². The van der Waals surface area contributed by atoms with Gasteiger partial charge in [-0.15, -0.1) is 0 Å². The fraction of sp³-hybridized carbons (Fsp3) is 0.345. The van der Waals surface area contributed by atoms with E-state index in [1.165, 1.54) is 6.07 Å². The lowest BCUT2D eigenvalue weighted by molar-refractivity contribution is -0.120. The lowest BCUT2D eigenvalue weighted by Crippen LogP contribution is -2.50. The summed E-state index contributed by atoms with van der Waals surface area (Å²) in [5.41, 5.74) is 2.64. The maximum Gasteiger partial charge on any atom is 0.208 e. The molecule has 9 heteroatoms. The number of ketones is 1. The molecular weight excluding hydrogens is 483 g/mol. The van der Waals surface area contributed by atoms with E-state index in [1.54, 1.807) is 30.5 Å². The van der Waals surface area contributed by atoms with Crippen molar-refractivity contribution in [2.75, 3.05) is 38.0 Å². The molecule has 3 heterocycles. The summed E-state index contributed by atoms with van der Waals surface area (Å²) in [4.78, 5) is 26.4. The maximum atomic E-state index is 14.1. The first kappa shape index (κ1) is 25.8. The predicted molar refractivity (Wildman–Crippen MR) is 147 cm³/mol. The molecular formula is C29H33FN6O2. The summed E-state index contributed by atoms with van der Waals surface area (Å²) in [6.07, 6.45) is 1.93. The van der Waals surface area contributed by atoms with Crippen LogP contribution in [0.2, 0.25) is 0 Å². The van der Waals surface area contributed by atoms with Gasteiger partial charge in [0.15, 0.2) is 5.78 Å². The van der Waals surface area contributed by atoms with Crippen molar-refractivity contribution in [3.8, 4) is 11.5 Å². The van der Waals surface area contributed by atoms with Gasteiger partial charge in [0.25, 0.3) is 0 Å². The van der Waals surface area contributed by atoms with Crippen LogP contribution in [-0.2, 0) is 18.3 Å². The van der Waals surface area contributed by atoms with Gasteiger partial charge in [0.1, 0.15) is 17.3 Å². The summed E-state index contributed by atoms with van der Waals surface area (Å²) < 4.78 is 22.0. The molecule has 2 aromatic carbocycles. The van der Waals surface area contributed by atoms with E-state index in [-0.39, 0.29) is 18.0 Å². The summed E-state index contributed by atoms with van der Waals surface area (Å²) in [5, 5.41) is 3.05. The summed E-state index contributed by atoms with van der Waals surface area (Å²) >= 11 is 0. The molecule has 38 heavy (non-hydrogen) atoms. The zero-order chi connectivity index (χ0) is 26.6. The van der Waals surface area contributed by atoms with Crippen molar-refractivity contribution in [3.05, 3.63) is 72.3 Å². The largest absolute Gasteiger partial charge is 0.457 e. The van der Waals surface area contributed by atoms with Gasteiger partial charge in [-0.25, -0.2) is 9.37 Å². The van der Waals surface area contributed by atoms with Crippen molar-refractivity contribution in [1.82, 2.24) is 24.3 Å². The lowest BCUT2D eigenvalue weighted by atomic mass is 10.1. The SMILES string of the molecule is CC(C)N1CCN(CC(=O)Cc2cc(Oc3ccc4c(c3)nc(Nc3ccccc3F)n4C)ccn2)CC1. The molecule has 2 aromatic heterocycles. The van der Waals surface area contributed by atoms with E-state index in [4.69, 9.17) is 4.74 Å². The number of nitrogens with one attached hydrogen (secondary N) is 1. The number of piperazine rings is 1. The standard InChI is InChI=1S/C29H33FN6O2/c1-20(2)36-14-12-35(13-15-36)19-22(37)16-21-17-24(10-11-31-21)38-23-8-9-28-27(18-23)33-29(34(28)3)32-26-7-5-4-6-25(26)30/h4-11,17-18,20H,12-16,19H2,1-3H3,(H,32,33). The number of rotatable bonds is 9. The molecule has 0 radical (unpaired) electrons. The Bertz CT molecular complexity index is 1430. The van der Waals surface area contributed by atoms with E-state index < -0.39 is 0 Å². The van der Waals surface area contributed by atoms with Crippen molar-refractivity contribution in [2.45, 2.75) is 26.3 Å². The molecule has 0 saturated carbocycles. The third-order valence-corrected chi connectivity index (χ3v) is 6.91. The van der Waals surface area contributed by atoms with Crippen LogP contribution in [-0.4, -0.2) is 68.9 Å². The second-order valence-electron chi connectivity index (χ2n) is 9.96. The third kappa shape index (κ3) is 6.00. The van der Waals surface area contributed by atoms with E-state index in [1.807, 2.05) is 35.9 Å². The maximum absolute atomic E-state index is 14.1. The molecule has 5 rings (SSSR count). The van der Waals surface area contributed by atoms with E-state index in [0.717, 1.165) is 31.7 Å². The second kappa shape index (κ2) is 11.3. The zero-order valence-corrected chi connectivity index (χ0v) is 22.0. The predicted octanol–water partition coefficient (Wildman–Crippen LogP) is 4.78. The number of carbonyl (C=O) groups is 1. The first-order valence-electron chi connectivity index (χ1n) is 12.9. The van der Waals surface area contributed by atoms with Crippen molar-refractivity contribution in [2.24, 2.45) is 7.05 Å². The van der Waals surface area contributed by atoms with Gasteiger partial charge in [-0.05, 0) is 44.2 Å². The summed E-state index contributed by atoms with van der Waals surface area (Å²) in [7, 11) is 1.87. The zero-order valence-electron chi connectivity index (χ0n) is 22.0. The van der Waals surface area contributed by atoms with Gasteiger partial charge < -0.3 is 14.6 Å². The van der Waals surface area contributed by atoms with Crippen molar-refractivity contribution in [3.63, 3.8) is 0 Å². The van der Waals surface area contributed by atoms with Crippen LogP contribution in [0.1, 0.15) is 19.5 Å². The Morgan fingerprint density at radius 2 is 1.82 bits per heavy atom. The number of ether oxygens (including phenoxy) is 1. The molecule has 0 aliphatic carbocycles. The molecule has 8 nitrogen and oxygen atoms in total. The van der Waals surface area contributed by atoms with Crippen LogP contribution >= 0.6 is 0 Å². The molecule has 1 N–H and O–H groups in total. The Morgan fingerprint density at radius 3 is 2.58 bits per heavy atom. The fourth-order valence-corrected chi connectivity index (χ4v) is 4.74. The highest BCUT2D eigenvalue weighted by Gasteiger charge is 2.20. The van der Waals surface area contributed by atoms with Crippen LogP contribution in [0.25, 0.3) is 11.0 Å². The summed E-state index contributed by atoms with van der Waals surface area (Å²) in [6.45, 7) is 8.67. The Kier molecular flexibility index (Phi) is 7.67. The van der Waals surface area contributed by atoms with E-state index >= 15 is 0 Å². The number of fused-ring (bicyclic) bond motifs is 1. The number of benzene rings is 2. The first-order chi connectivity index (χ1) is 18.4. The number of carbonyl (C=O) groups excluding carboxylic acids is 1. The van der Waals surface area contributed by atoms with Crippen LogP contribution < -0.4 is 10.1 Å². The first-order valence-corrected chi connectivity index (χ1v) is 12.9. The second-order valence-corrected chi connectivity index (χ2v) is 9.96. The minimum Gasteiger partial charge on any atom is -0.457 e. The molecule has 1 fully saturated rings. The Labute approximate surface area is 222 Å². The molecule has 0 bridgehead atoms. The minimum atomic E-state index is -0.343. The number of aromatic nitrogens is 3.